The molecule has 1 saturated carbocycles. The Kier molecular flexibility index (Phi) is 3.85. The van der Waals surface area contributed by atoms with Gasteiger partial charge in [0, 0.05) is 5.92 Å². The van der Waals surface area contributed by atoms with Gasteiger partial charge in [-0.3, -0.25) is 4.79 Å². The van der Waals surface area contributed by atoms with Gasteiger partial charge >= 0.3 is 0 Å². The number of ketones is 1. The fourth-order valence-electron chi connectivity index (χ4n) is 1.45. The Morgan fingerprint density at radius 3 is 2.62 bits per heavy atom. The number of hydrogen-bond donors (Lipinski definition) is 1. The normalized spacial score (nSPS) is 18.2. The zero-order valence-corrected chi connectivity index (χ0v) is 8.77. The van der Waals surface area contributed by atoms with Crippen molar-refractivity contribution in [2.45, 2.75) is 39.0 Å². The molecule has 1 aliphatic carbocycles. The van der Waals surface area contributed by atoms with Crippen molar-refractivity contribution in [1.82, 2.24) is 0 Å². The fraction of sp³-hybridized carbons (Fsp3) is 0.800. The summed E-state index contributed by atoms with van der Waals surface area (Å²) in [5, 5.41) is 9.09. The molecule has 1 rings (SSSR count). The van der Waals surface area contributed by atoms with Crippen LogP contribution in [0.2, 0.25) is 0 Å². The van der Waals surface area contributed by atoms with Crippen LogP contribution in [-0.4, -0.2) is 15.9 Å². The predicted octanol–water partition coefficient (Wildman–Crippen LogP) is 2.66. The van der Waals surface area contributed by atoms with Gasteiger partial charge in [0.1, 0.15) is 5.78 Å². The van der Waals surface area contributed by atoms with E-state index in [4.69, 9.17) is 0 Å². The molecule has 0 amide bonds. The standard InChI is InChI=1S/C10H16O2S/c1-2-3-4-8(10(12)13)9(11)7-5-6-7/h7-8H,2-6H2,1H3,(H,12,13). The van der Waals surface area contributed by atoms with E-state index in [0.717, 1.165) is 32.1 Å². The van der Waals surface area contributed by atoms with Crippen molar-refractivity contribution in [2.75, 3.05) is 0 Å². The third-order valence-corrected chi connectivity index (χ3v) is 2.75. The average molecular weight is 200 g/mol. The molecule has 3 heteroatoms. The number of Topliss-reactive ketones (excluding diaryl/α,β-unsaturated/α-hetero) is 1. The highest BCUT2D eigenvalue weighted by Gasteiger charge is 2.36. The molecule has 0 aromatic rings. The predicted molar refractivity (Wildman–Crippen MR) is 56.0 cm³/mol. The van der Waals surface area contributed by atoms with Crippen molar-refractivity contribution in [3.8, 4) is 0 Å². The minimum atomic E-state index is -0.359. The van der Waals surface area contributed by atoms with E-state index in [1.165, 1.54) is 0 Å². The molecule has 0 aromatic carbocycles. The molecule has 13 heavy (non-hydrogen) atoms. The van der Waals surface area contributed by atoms with Gasteiger partial charge in [-0.15, -0.1) is 0 Å². The first-order valence-electron chi connectivity index (χ1n) is 4.93. The lowest BCUT2D eigenvalue weighted by Crippen LogP contribution is -2.23. The van der Waals surface area contributed by atoms with Crippen LogP contribution in [0.5, 0.6) is 0 Å². The van der Waals surface area contributed by atoms with Crippen LogP contribution in [0.15, 0.2) is 0 Å². The number of aliphatic hydroxyl groups excluding tert-OH is 1. The van der Waals surface area contributed by atoms with E-state index < -0.39 is 0 Å². The van der Waals surface area contributed by atoms with E-state index in [0.29, 0.717) is 0 Å². The zero-order valence-electron chi connectivity index (χ0n) is 7.95. The van der Waals surface area contributed by atoms with E-state index in [1.54, 1.807) is 0 Å². The monoisotopic (exact) mass is 200 g/mol. The molecule has 2 nitrogen and oxygen atoms in total. The first-order valence-corrected chi connectivity index (χ1v) is 5.34. The molecule has 0 heterocycles. The van der Waals surface area contributed by atoms with E-state index in [9.17, 15) is 9.90 Å². The molecular weight excluding hydrogens is 184 g/mol. The summed E-state index contributed by atoms with van der Waals surface area (Å²) in [6.45, 7) is 2.07. The van der Waals surface area contributed by atoms with Gasteiger partial charge in [0.25, 0.3) is 0 Å². The van der Waals surface area contributed by atoms with E-state index in [1.807, 2.05) is 0 Å². The van der Waals surface area contributed by atoms with Crippen molar-refractivity contribution in [2.24, 2.45) is 11.8 Å². The summed E-state index contributed by atoms with van der Waals surface area (Å²) < 4.78 is 0. The van der Waals surface area contributed by atoms with Crippen molar-refractivity contribution in [3.05, 3.63) is 0 Å². The molecule has 1 fully saturated rings. The summed E-state index contributed by atoms with van der Waals surface area (Å²) in [4.78, 5) is 11.6. The van der Waals surface area contributed by atoms with Gasteiger partial charge in [-0.25, -0.2) is 0 Å². The minimum Gasteiger partial charge on any atom is -0.501 e. The Hall–Kier alpha value is -0.440. The Morgan fingerprint density at radius 1 is 1.62 bits per heavy atom. The van der Waals surface area contributed by atoms with Crippen molar-refractivity contribution >= 4 is 23.1 Å². The average Bonchev–Trinajstić information content (AvgIpc) is 2.86. The maximum Gasteiger partial charge on any atom is 0.167 e. The molecule has 1 unspecified atom stereocenters. The Labute approximate surface area is 84.3 Å². The lowest BCUT2D eigenvalue weighted by molar-refractivity contribution is -0.122. The quantitative estimate of drug-likeness (QED) is 0.670. The van der Waals surface area contributed by atoms with Crippen LogP contribution in [0, 0.1) is 11.8 Å². The van der Waals surface area contributed by atoms with Gasteiger partial charge in [0.2, 0.25) is 0 Å². The van der Waals surface area contributed by atoms with Gasteiger partial charge < -0.3 is 5.11 Å². The molecule has 0 bridgehead atoms. The second-order valence-electron chi connectivity index (χ2n) is 3.71. The number of unbranched alkanes of at least 4 members (excludes halogenated alkanes) is 1. The molecule has 0 spiro atoms. The van der Waals surface area contributed by atoms with Crippen molar-refractivity contribution in [1.29, 1.82) is 0 Å². The highest BCUT2D eigenvalue weighted by atomic mass is 32.1. The summed E-state index contributed by atoms with van der Waals surface area (Å²) in [5.74, 6) is 0.00959. The SMILES string of the molecule is CCCCC(C(=O)C1CC1)C(O)=S. The van der Waals surface area contributed by atoms with Gasteiger partial charge in [0.05, 0.1) is 5.92 Å². The maximum absolute atomic E-state index is 11.6. The smallest absolute Gasteiger partial charge is 0.167 e. The number of hydrogen-bond acceptors (Lipinski definition) is 2. The Bertz CT molecular complexity index is 209. The van der Waals surface area contributed by atoms with E-state index in [-0.39, 0.29) is 22.7 Å². The number of carbonyl (C=O) groups is 1. The number of rotatable bonds is 6. The van der Waals surface area contributed by atoms with Crippen LogP contribution in [0.25, 0.3) is 0 Å². The lowest BCUT2D eigenvalue weighted by Gasteiger charge is -2.11. The first-order chi connectivity index (χ1) is 6.16. The topological polar surface area (TPSA) is 37.3 Å². The number of thiocarbonyl (C=S) groups is 1. The second kappa shape index (κ2) is 4.70. The number of carbonyl (C=O) groups excluding carboxylic acids is 1. The summed E-state index contributed by atoms with van der Waals surface area (Å²) in [7, 11) is 0. The zero-order chi connectivity index (χ0) is 9.84. The largest absolute Gasteiger partial charge is 0.501 e. The molecule has 1 atom stereocenters. The van der Waals surface area contributed by atoms with E-state index >= 15 is 0 Å². The van der Waals surface area contributed by atoms with Crippen LogP contribution in [0.3, 0.4) is 0 Å². The molecule has 0 aromatic heterocycles. The summed E-state index contributed by atoms with van der Waals surface area (Å²) >= 11 is 4.69. The molecule has 0 radical (unpaired) electrons. The molecule has 74 valence electrons. The third kappa shape index (κ3) is 3.07. The van der Waals surface area contributed by atoms with Crippen LogP contribution >= 0.6 is 12.2 Å². The molecule has 1 aliphatic rings. The van der Waals surface area contributed by atoms with E-state index in [2.05, 4.69) is 19.1 Å². The highest BCUT2D eigenvalue weighted by Crippen LogP contribution is 2.33. The van der Waals surface area contributed by atoms with Gasteiger partial charge in [0.15, 0.2) is 5.05 Å². The van der Waals surface area contributed by atoms with Crippen molar-refractivity contribution in [3.63, 3.8) is 0 Å². The minimum absolute atomic E-state index is 0.106. The van der Waals surface area contributed by atoms with Gasteiger partial charge in [-0.1, -0.05) is 19.8 Å². The van der Waals surface area contributed by atoms with Crippen LogP contribution in [0.1, 0.15) is 39.0 Å². The number of aliphatic hydroxyl groups is 1. The molecule has 1 N–H and O–H groups in total. The summed E-state index contributed by atoms with van der Waals surface area (Å²) in [5.41, 5.74) is 0. The first kappa shape index (κ1) is 10.6. The van der Waals surface area contributed by atoms with Crippen LogP contribution in [0.4, 0.5) is 0 Å². The summed E-state index contributed by atoms with van der Waals surface area (Å²) in [6, 6.07) is 0. The molecule has 0 aliphatic heterocycles. The molecule has 0 saturated heterocycles. The third-order valence-electron chi connectivity index (χ3n) is 2.47. The highest BCUT2D eigenvalue weighted by molar-refractivity contribution is 7.80. The molecular formula is C10H16O2S. The van der Waals surface area contributed by atoms with Gasteiger partial charge in [-0.2, -0.15) is 0 Å². The summed E-state index contributed by atoms with van der Waals surface area (Å²) in [6.07, 6.45) is 4.70. The van der Waals surface area contributed by atoms with Crippen molar-refractivity contribution < 1.29 is 9.90 Å². The van der Waals surface area contributed by atoms with Gasteiger partial charge in [-0.05, 0) is 31.5 Å². The van der Waals surface area contributed by atoms with Crippen LogP contribution in [-0.2, 0) is 4.79 Å². The Morgan fingerprint density at radius 2 is 2.23 bits per heavy atom. The lowest BCUT2D eigenvalue weighted by atomic mass is 9.95. The second-order valence-corrected chi connectivity index (χ2v) is 4.13. The van der Waals surface area contributed by atoms with Crippen LogP contribution < -0.4 is 0 Å². The Balaban J connectivity index is 2.45. The fourth-order valence-corrected chi connectivity index (χ4v) is 1.68. The maximum atomic E-state index is 11.6.